The summed E-state index contributed by atoms with van der Waals surface area (Å²) in [5, 5.41) is 2.98. The zero-order valence-corrected chi connectivity index (χ0v) is 12.7. The summed E-state index contributed by atoms with van der Waals surface area (Å²) in [5.74, 6) is -1.28. The highest BCUT2D eigenvalue weighted by atomic mass is 79.9. The summed E-state index contributed by atoms with van der Waals surface area (Å²) in [6.45, 7) is 1.48. The largest absolute Gasteiger partial charge is 0.451 e. The van der Waals surface area contributed by atoms with Crippen LogP contribution < -0.4 is 5.32 Å². The highest BCUT2D eigenvalue weighted by Gasteiger charge is 2.30. The summed E-state index contributed by atoms with van der Waals surface area (Å²) >= 11 is 3.37. The van der Waals surface area contributed by atoms with Crippen LogP contribution in [-0.2, 0) is 9.59 Å². The first-order valence-corrected chi connectivity index (χ1v) is 7.05. The number of carbonyl (C=O) groups excluding carboxylic acids is 3. The monoisotopic (exact) mass is 350 g/mol. The number of furan rings is 1. The number of hydrogen-bond donors (Lipinski definition) is 1. The van der Waals surface area contributed by atoms with Crippen LogP contribution in [0.4, 0.5) is 0 Å². The normalized spacial score (nSPS) is 15.4. The number of benzene rings is 1. The molecule has 1 saturated heterocycles. The summed E-state index contributed by atoms with van der Waals surface area (Å²) in [6.07, 6.45) is 0. The summed E-state index contributed by atoms with van der Waals surface area (Å²) in [7, 11) is 0. The van der Waals surface area contributed by atoms with Crippen molar-refractivity contribution in [3.8, 4) is 0 Å². The topological polar surface area (TPSA) is 79.6 Å². The van der Waals surface area contributed by atoms with Gasteiger partial charge in [-0.1, -0.05) is 15.9 Å². The minimum Gasteiger partial charge on any atom is -0.451 e. The number of aryl methyl sites for hydroxylation is 1. The molecule has 0 radical (unpaired) electrons. The van der Waals surface area contributed by atoms with Crippen LogP contribution in [0.3, 0.4) is 0 Å². The van der Waals surface area contributed by atoms with E-state index < -0.39 is 17.7 Å². The maximum Gasteiger partial charge on any atom is 0.290 e. The van der Waals surface area contributed by atoms with Gasteiger partial charge in [-0.3, -0.25) is 19.7 Å². The van der Waals surface area contributed by atoms with E-state index in [4.69, 9.17) is 4.42 Å². The van der Waals surface area contributed by atoms with E-state index in [1.165, 1.54) is 4.90 Å². The molecule has 1 aromatic heterocycles. The predicted molar refractivity (Wildman–Crippen MR) is 77.7 cm³/mol. The van der Waals surface area contributed by atoms with E-state index in [1.54, 1.807) is 13.0 Å². The molecule has 3 amide bonds. The lowest BCUT2D eigenvalue weighted by Gasteiger charge is -2.24. The molecule has 0 saturated carbocycles. The van der Waals surface area contributed by atoms with Gasteiger partial charge in [0.15, 0.2) is 5.76 Å². The molecule has 1 aromatic carbocycles. The number of rotatable bonds is 1. The smallest absolute Gasteiger partial charge is 0.290 e. The molecule has 1 aliphatic rings. The summed E-state index contributed by atoms with van der Waals surface area (Å²) < 4.78 is 6.46. The molecule has 6 nitrogen and oxygen atoms in total. The number of carbonyl (C=O) groups is 3. The fourth-order valence-electron chi connectivity index (χ4n) is 2.32. The molecule has 1 N–H and O–H groups in total. The van der Waals surface area contributed by atoms with Crippen LogP contribution in [0.5, 0.6) is 0 Å². The number of amides is 3. The highest BCUT2D eigenvalue weighted by Crippen LogP contribution is 2.28. The fraction of sp³-hybridized carbons (Fsp3) is 0.214. The average Bonchev–Trinajstić information content (AvgIpc) is 2.74. The Morgan fingerprint density at radius 2 is 1.95 bits per heavy atom. The molecule has 7 heteroatoms. The second kappa shape index (κ2) is 5.00. The van der Waals surface area contributed by atoms with Gasteiger partial charge in [-0.25, -0.2) is 0 Å². The number of fused-ring (bicyclic) bond motifs is 1. The zero-order valence-electron chi connectivity index (χ0n) is 11.1. The SMILES string of the molecule is Cc1c(C(=O)N2CC(=O)NC(=O)C2)oc2ccc(Br)cc12. The van der Waals surface area contributed by atoms with Crippen molar-refractivity contribution in [1.29, 1.82) is 0 Å². The first-order valence-electron chi connectivity index (χ1n) is 6.26. The van der Waals surface area contributed by atoms with Crippen LogP contribution in [0.1, 0.15) is 16.1 Å². The van der Waals surface area contributed by atoms with Gasteiger partial charge in [0.1, 0.15) is 18.7 Å². The molecular weight excluding hydrogens is 340 g/mol. The first-order chi connectivity index (χ1) is 9.95. The molecule has 0 atom stereocenters. The predicted octanol–water partition coefficient (Wildman–Crippen LogP) is 1.60. The third-order valence-electron chi connectivity index (χ3n) is 3.33. The Hall–Kier alpha value is -2.15. The van der Waals surface area contributed by atoms with E-state index in [0.29, 0.717) is 11.1 Å². The van der Waals surface area contributed by atoms with Crippen LogP contribution in [0.15, 0.2) is 27.1 Å². The molecule has 0 aliphatic carbocycles. The molecule has 0 spiro atoms. The molecule has 1 fully saturated rings. The van der Waals surface area contributed by atoms with Gasteiger partial charge < -0.3 is 9.32 Å². The van der Waals surface area contributed by atoms with Gasteiger partial charge in [0.2, 0.25) is 11.8 Å². The number of nitrogens with zero attached hydrogens (tertiary/aromatic N) is 1. The number of halogens is 1. The fourth-order valence-corrected chi connectivity index (χ4v) is 2.68. The minimum atomic E-state index is -0.490. The Morgan fingerprint density at radius 3 is 2.62 bits per heavy atom. The van der Waals surface area contributed by atoms with Crippen molar-refractivity contribution in [3.63, 3.8) is 0 Å². The van der Waals surface area contributed by atoms with Gasteiger partial charge in [0.25, 0.3) is 5.91 Å². The molecule has 3 rings (SSSR count). The van der Waals surface area contributed by atoms with Gasteiger partial charge in [0.05, 0.1) is 0 Å². The van der Waals surface area contributed by atoms with Crippen LogP contribution in [0.2, 0.25) is 0 Å². The highest BCUT2D eigenvalue weighted by molar-refractivity contribution is 9.10. The van der Waals surface area contributed by atoms with E-state index in [-0.39, 0.29) is 18.8 Å². The van der Waals surface area contributed by atoms with Crippen molar-refractivity contribution in [3.05, 3.63) is 34.0 Å². The van der Waals surface area contributed by atoms with Gasteiger partial charge in [0, 0.05) is 15.4 Å². The molecule has 1 aliphatic heterocycles. The van der Waals surface area contributed by atoms with Crippen LogP contribution in [0.25, 0.3) is 11.0 Å². The molecule has 2 aromatic rings. The van der Waals surface area contributed by atoms with Gasteiger partial charge in [-0.2, -0.15) is 0 Å². The van der Waals surface area contributed by atoms with E-state index in [0.717, 1.165) is 9.86 Å². The molecule has 2 heterocycles. The Labute approximate surface area is 128 Å². The first kappa shape index (κ1) is 13.8. The minimum absolute atomic E-state index is 0.148. The van der Waals surface area contributed by atoms with Crippen molar-refractivity contribution in [2.75, 3.05) is 13.1 Å². The number of hydrogen-bond acceptors (Lipinski definition) is 4. The summed E-state index contributed by atoms with van der Waals surface area (Å²) in [6, 6.07) is 5.44. The van der Waals surface area contributed by atoms with Gasteiger partial charge >= 0.3 is 0 Å². The Bertz CT molecular complexity index is 765. The van der Waals surface area contributed by atoms with Crippen molar-refractivity contribution >= 4 is 44.6 Å². The number of imide groups is 1. The van der Waals surface area contributed by atoms with E-state index in [9.17, 15) is 14.4 Å². The van der Waals surface area contributed by atoms with Crippen molar-refractivity contribution in [2.45, 2.75) is 6.92 Å². The summed E-state index contributed by atoms with van der Waals surface area (Å²) in [5.41, 5.74) is 1.28. The molecule has 21 heavy (non-hydrogen) atoms. The maximum absolute atomic E-state index is 12.5. The second-order valence-corrected chi connectivity index (χ2v) is 5.74. The van der Waals surface area contributed by atoms with Crippen LogP contribution >= 0.6 is 15.9 Å². The van der Waals surface area contributed by atoms with E-state index in [2.05, 4.69) is 21.2 Å². The Morgan fingerprint density at radius 1 is 1.29 bits per heavy atom. The maximum atomic E-state index is 12.5. The second-order valence-electron chi connectivity index (χ2n) is 4.83. The third kappa shape index (κ3) is 2.44. The molecule has 108 valence electrons. The lowest BCUT2D eigenvalue weighted by Crippen LogP contribution is -2.53. The average molecular weight is 351 g/mol. The Kier molecular flexibility index (Phi) is 3.29. The van der Waals surface area contributed by atoms with Crippen molar-refractivity contribution in [2.24, 2.45) is 0 Å². The summed E-state index contributed by atoms with van der Waals surface area (Å²) in [4.78, 5) is 36.4. The molecular formula is C14H11BrN2O4. The third-order valence-corrected chi connectivity index (χ3v) is 3.82. The lowest BCUT2D eigenvalue weighted by molar-refractivity contribution is -0.135. The van der Waals surface area contributed by atoms with Crippen molar-refractivity contribution in [1.82, 2.24) is 10.2 Å². The van der Waals surface area contributed by atoms with Crippen LogP contribution in [0, 0.1) is 6.92 Å². The van der Waals surface area contributed by atoms with Crippen LogP contribution in [-0.4, -0.2) is 35.7 Å². The Balaban J connectivity index is 2.00. The molecule has 0 bridgehead atoms. The lowest BCUT2D eigenvalue weighted by atomic mass is 10.1. The van der Waals surface area contributed by atoms with E-state index >= 15 is 0 Å². The van der Waals surface area contributed by atoms with Gasteiger partial charge in [-0.05, 0) is 25.1 Å². The number of piperazine rings is 1. The zero-order chi connectivity index (χ0) is 15.1. The van der Waals surface area contributed by atoms with Gasteiger partial charge in [-0.15, -0.1) is 0 Å². The van der Waals surface area contributed by atoms with E-state index in [1.807, 2.05) is 12.1 Å². The number of nitrogens with one attached hydrogen (secondary N) is 1. The molecule has 0 unspecified atom stereocenters. The standard InChI is InChI=1S/C14H11BrN2O4/c1-7-9-4-8(15)2-3-10(9)21-13(7)14(20)17-5-11(18)16-12(19)6-17/h2-4H,5-6H2,1H3,(H,16,18,19). The quantitative estimate of drug-likeness (QED) is 0.792. The van der Waals surface area contributed by atoms with Crippen molar-refractivity contribution < 1.29 is 18.8 Å².